The Kier molecular flexibility index (Phi) is 8.15. The summed E-state index contributed by atoms with van der Waals surface area (Å²) in [6.45, 7) is 0. The second-order valence-electron chi connectivity index (χ2n) is 16.3. The molecule has 4 aromatic heterocycles. The maximum Gasteiger partial charge on any atom is 0.160 e. The maximum atomic E-state index is 6.42. The van der Waals surface area contributed by atoms with Gasteiger partial charge in [-0.3, -0.25) is 0 Å². The number of aromatic nitrogens is 4. The third-order valence-electron chi connectivity index (χ3n) is 12.6. The molecule has 0 amide bonds. The number of benzene rings is 9. The van der Waals surface area contributed by atoms with Crippen molar-refractivity contribution in [3.63, 3.8) is 0 Å². The molecule has 0 aliphatic heterocycles. The molecular formula is C59H36N4O. The highest BCUT2D eigenvalue weighted by molar-refractivity contribution is 6.29. The van der Waals surface area contributed by atoms with Crippen molar-refractivity contribution >= 4 is 65.4 Å². The van der Waals surface area contributed by atoms with Gasteiger partial charge in [0.1, 0.15) is 11.2 Å². The van der Waals surface area contributed by atoms with E-state index < -0.39 is 0 Å². The lowest BCUT2D eigenvalue weighted by Crippen LogP contribution is -1.96. The summed E-state index contributed by atoms with van der Waals surface area (Å²) in [6.07, 6.45) is 0. The molecule has 4 heterocycles. The molecule has 0 atom stereocenters. The van der Waals surface area contributed by atoms with Gasteiger partial charge in [-0.05, 0) is 60.2 Å². The minimum absolute atomic E-state index is 0.681. The lowest BCUT2D eigenvalue weighted by Gasteiger charge is -2.14. The van der Waals surface area contributed by atoms with Gasteiger partial charge in [-0.15, -0.1) is 0 Å². The summed E-state index contributed by atoms with van der Waals surface area (Å²) in [4.78, 5) is 15.9. The zero-order valence-corrected chi connectivity index (χ0v) is 34.5. The molecule has 13 rings (SSSR count). The van der Waals surface area contributed by atoms with Crippen LogP contribution in [0.1, 0.15) is 0 Å². The van der Waals surface area contributed by atoms with Crippen LogP contribution < -0.4 is 0 Å². The fourth-order valence-corrected chi connectivity index (χ4v) is 9.65. The number of pyridine rings is 1. The van der Waals surface area contributed by atoms with Gasteiger partial charge in [-0.1, -0.05) is 164 Å². The van der Waals surface area contributed by atoms with Crippen molar-refractivity contribution in [2.75, 3.05) is 0 Å². The van der Waals surface area contributed by atoms with Crippen LogP contribution in [0.15, 0.2) is 223 Å². The molecule has 0 aliphatic rings. The quantitative estimate of drug-likeness (QED) is 0.157. The van der Waals surface area contributed by atoms with E-state index in [1.165, 1.54) is 16.3 Å². The largest absolute Gasteiger partial charge is 0.456 e. The molecule has 0 saturated heterocycles. The molecule has 0 aliphatic carbocycles. The molecule has 0 fully saturated rings. The van der Waals surface area contributed by atoms with E-state index in [2.05, 4.69) is 193 Å². The molecule has 0 bridgehead atoms. The van der Waals surface area contributed by atoms with Crippen molar-refractivity contribution in [1.82, 2.24) is 19.5 Å². The van der Waals surface area contributed by atoms with Crippen molar-refractivity contribution in [2.45, 2.75) is 0 Å². The number of fused-ring (bicyclic) bond motifs is 10. The summed E-state index contributed by atoms with van der Waals surface area (Å²) in [5, 5.41) is 7.92. The Balaban J connectivity index is 0.968. The first-order chi connectivity index (χ1) is 31.7. The van der Waals surface area contributed by atoms with E-state index >= 15 is 0 Å². The van der Waals surface area contributed by atoms with Gasteiger partial charge in [0, 0.05) is 71.2 Å². The highest BCUT2D eigenvalue weighted by atomic mass is 16.3. The average molecular weight is 817 g/mol. The fraction of sp³-hybridized carbons (Fsp3) is 0. The molecule has 9 aromatic carbocycles. The Bertz CT molecular complexity index is 3930. The Hall–Kier alpha value is -8.67. The molecule has 0 N–H and O–H groups in total. The standard InChI is InChI=1S/C59H36N4O/c1-4-15-39(16-5-1)57-47-32-34-54-56(45-22-11-13-26-53(45)64-54)55(47)46-24-14-23-43(58(46)62-57)37-27-29-38(30-28-37)49-36-50(61-59(60-49)40-17-6-2-7-18-40)41-31-33-52-48(35-41)44-21-10-12-25-51(44)63(52)42-19-8-3-9-20-42/h1-36H. The van der Waals surface area contributed by atoms with Gasteiger partial charge in [-0.25, -0.2) is 15.0 Å². The molecule has 5 nitrogen and oxygen atoms in total. The van der Waals surface area contributed by atoms with Crippen LogP contribution in [0.5, 0.6) is 0 Å². The SMILES string of the molecule is c1ccc(-c2nc(-c3ccc(-c4cccc5c4nc(-c4ccccc4)c4ccc6oc7ccccc7c6c45)cc3)cc(-c3ccc4c(c3)c3ccccc3n4-c3ccccc3)n2)cc1. The third-order valence-corrected chi connectivity index (χ3v) is 12.6. The van der Waals surface area contributed by atoms with Crippen LogP contribution in [0.3, 0.4) is 0 Å². The van der Waals surface area contributed by atoms with Crippen LogP contribution in [-0.2, 0) is 0 Å². The van der Waals surface area contributed by atoms with Crippen molar-refractivity contribution in [1.29, 1.82) is 0 Å². The summed E-state index contributed by atoms with van der Waals surface area (Å²) in [7, 11) is 0. The Labute approximate surface area is 368 Å². The summed E-state index contributed by atoms with van der Waals surface area (Å²) in [6, 6.07) is 76.6. The normalized spacial score (nSPS) is 11.8. The van der Waals surface area contributed by atoms with E-state index in [0.717, 1.165) is 105 Å². The molecule has 298 valence electrons. The highest BCUT2D eigenvalue weighted by Crippen LogP contribution is 2.43. The zero-order valence-electron chi connectivity index (χ0n) is 34.5. The maximum absolute atomic E-state index is 6.42. The second kappa shape index (κ2) is 14.5. The number of rotatable bonds is 6. The second-order valence-corrected chi connectivity index (χ2v) is 16.3. The minimum atomic E-state index is 0.681. The lowest BCUT2D eigenvalue weighted by molar-refractivity contribution is 0.669. The third kappa shape index (κ3) is 5.75. The molecule has 13 aromatic rings. The van der Waals surface area contributed by atoms with Gasteiger partial charge in [0.15, 0.2) is 5.82 Å². The van der Waals surface area contributed by atoms with Gasteiger partial charge in [0.05, 0.1) is 33.6 Å². The van der Waals surface area contributed by atoms with E-state index in [0.29, 0.717) is 5.82 Å². The monoisotopic (exact) mass is 816 g/mol. The van der Waals surface area contributed by atoms with E-state index in [1.807, 2.05) is 30.3 Å². The molecule has 0 unspecified atom stereocenters. The van der Waals surface area contributed by atoms with Gasteiger partial charge in [0.25, 0.3) is 0 Å². The number of nitrogens with zero attached hydrogens (tertiary/aromatic N) is 4. The first-order valence-corrected chi connectivity index (χ1v) is 21.6. The van der Waals surface area contributed by atoms with Crippen LogP contribution in [0.2, 0.25) is 0 Å². The Morgan fingerprint density at radius 1 is 0.344 bits per heavy atom. The van der Waals surface area contributed by atoms with E-state index in [9.17, 15) is 0 Å². The van der Waals surface area contributed by atoms with E-state index in [4.69, 9.17) is 19.4 Å². The van der Waals surface area contributed by atoms with E-state index in [1.54, 1.807) is 0 Å². The van der Waals surface area contributed by atoms with Crippen molar-refractivity contribution in [2.24, 2.45) is 0 Å². The van der Waals surface area contributed by atoms with Crippen LogP contribution in [0.4, 0.5) is 0 Å². The van der Waals surface area contributed by atoms with Crippen LogP contribution in [-0.4, -0.2) is 19.5 Å². The topological polar surface area (TPSA) is 56.7 Å². The smallest absolute Gasteiger partial charge is 0.160 e. The Morgan fingerprint density at radius 3 is 1.77 bits per heavy atom. The zero-order chi connectivity index (χ0) is 42.1. The van der Waals surface area contributed by atoms with Crippen LogP contribution in [0.25, 0.3) is 127 Å². The number of para-hydroxylation sites is 4. The first-order valence-electron chi connectivity index (χ1n) is 21.6. The summed E-state index contributed by atoms with van der Waals surface area (Å²) >= 11 is 0. The number of furan rings is 1. The predicted molar refractivity (Wildman–Crippen MR) is 264 cm³/mol. The van der Waals surface area contributed by atoms with E-state index in [-0.39, 0.29) is 0 Å². The van der Waals surface area contributed by atoms with Crippen LogP contribution in [0, 0.1) is 0 Å². The molecule has 0 saturated carbocycles. The highest BCUT2D eigenvalue weighted by Gasteiger charge is 2.20. The Morgan fingerprint density at radius 2 is 0.969 bits per heavy atom. The summed E-state index contributed by atoms with van der Waals surface area (Å²) in [5.41, 5.74) is 15.0. The molecule has 64 heavy (non-hydrogen) atoms. The van der Waals surface area contributed by atoms with Gasteiger partial charge in [0.2, 0.25) is 0 Å². The van der Waals surface area contributed by atoms with Crippen LogP contribution >= 0.6 is 0 Å². The van der Waals surface area contributed by atoms with Gasteiger partial charge in [-0.2, -0.15) is 0 Å². The lowest BCUT2D eigenvalue weighted by atomic mass is 9.93. The fourth-order valence-electron chi connectivity index (χ4n) is 9.65. The molecular weight excluding hydrogens is 781 g/mol. The minimum Gasteiger partial charge on any atom is -0.456 e. The summed E-state index contributed by atoms with van der Waals surface area (Å²) < 4.78 is 8.76. The summed E-state index contributed by atoms with van der Waals surface area (Å²) in [5.74, 6) is 0.681. The van der Waals surface area contributed by atoms with Gasteiger partial charge >= 0.3 is 0 Å². The van der Waals surface area contributed by atoms with Gasteiger partial charge < -0.3 is 8.98 Å². The molecule has 0 spiro atoms. The average Bonchev–Trinajstić information content (AvgIpc) is 3.92. The molecule has 0 radical (unpaired) electrons. The first kappa shape index (κ1) is 36.0. The molecule has 5 heteroatoms. The van der Waals surface area contributed by atoms with Crippen molar-refractivity contribution in [3.05, 3.63) is 218 Å². The van der Waals surface area contributed by atoms with Crippen molar-refractivity contribution < 1.29 is 4.42 Å². The number of hydrogen-bond acceptors (Lipinski definition) is 4. The number of hydrogen-bond donors (Lipinski definition) is 0. The van der Waals surface area contributed by atoms with Crippen molar-refractivity contribution in [3.8, 4) is 62.0 Å². The predicted octanol–water partition coefficient (Wildman–Crippen LogP) is 15.5.